The molecular weight excluding hydrogens is 657 g/mol. The average molecular weight is 689 g/mol. The largest absolute Gasteiger partial charge is 0.266 e. The van der Waals surface area contributed by atoms with Gasteiger partial charge in [0.2, 0.25) is 0 Å². The zero-order valence-corrected chi connectivity index (χ0v) is 28.5. The van der Waals surface area contributed by atoms with E-state index in [2.05, 4.69) is 5.32 Å². The highest BCUT2D eigenvalue weighted by atomic mass is 16.7. The minimum Gasteiger partial charge on any atom is -0.266 e. The second-order valence-electron chi connectivity index (χ2n) is 12.5. The molecule has 9 heteroatoms. The van der Waals surface area contributed by atoms with Crippen LogP contribution in [0.1, 0.15) is 11.8 Å². The standard InChI is InChI=1S/C44H32N8O/c1-5-13-30(14-6-1)38-46-39(31-15-7-2-8-16-31)49-42(48-38)34-21-23-36(24-22-34)44-45-29-52(53-44)37-27-25-35(26-28-37)43-50-40(32-17-9-3-10-18-32)47-41(51-43)33-19-11-4-12-20-33/h1-28,44-45H,29H2. The van der Waals surface area contributed by atoms with Gasteiger partial charge in [-0.25, -0.2) is 39.8 Å². The number of benzene rings is 6. The Morgan fingerprint density at radius 1 is 0.377 bits per heavy atom. The maximum atomic E-state index is 6.37. The lowest BCUT2D eigenvalue weighted by molar-refractivity contribution is 0.0789. The van der Waals surface area contributed by atoms with Crippen LogP contribution < -0.4 is 10.4 Å². The first-order valence-electron chi connectivity index (χ1n) is 17.4. The molecule has 1 aliphatic heterocycles. The molecule has 1 aliphatic rings. The fourth-order valence-corrected chi connectivity index (χ4v) is 6.16. The summed E-state index contributed by atoms with van der Waals surface area (Å²) in [6.45, 7) is 0.516. The first-order chi connectivity index (χ1) is 26.2. The minimum absolute atomic E-state index is 0.327. The normalized spacial score (nSPS) is 14.0. The van der Waals surface area contributed by atoms with Crippen LogP contribution in [0, 0.1) is 0 Å². The van der Waals surface area contributed by atoms with Crippen LogP contribution in [0.3, 0.4) is 0 Å². The van der Waals surface area contributed by atoms with Gasteiger partial charge in [0.15, 0.2) is 41.2 Å². The molecule has 1 N–H and O–H groups in total. The summed E-state index contributed by atoms with van der Waals surface area (Å²) < 4.78 is 0. The number of nitrogens with one attached hydrogen (secondary N) is 1. The first-order valence-corrected chi connectivity index (χ1v) is 17.4. The van der Waals surface area contributed by atoms with Crippen molar-refractivity contribution in [2.45, 2.75) is 6.23 Å². The molecule has 0 spiro atoms. The maximum Gasteiger partial charge on any atom is 0.164 e. The molecule has 1 unspecified atom stereocenters. The van der Waals surface area contributed by atoms with Crippen LogP contribution in [0.4, 0.5) is 5.69 Å². The molecule has 0 bridgehead atoms. The Hall–Kier alpha value is -6.94. The minimum atomic E-state index is -0.327. The molecule has 8 aromatic rings. The van der Waals surface area contributed by atoms with E-state index in [4.69, 9.17) is 34.7 Å². The molecule has 1 fully saturated rings. The molecule has 254 valence electrons. The van der Waals surface area contributed by atoms with Crippen LogP contribution >= 0.6 is 0 Å². The lowest BCUT2D eigenvalue weighted by atomic mass is 10.1. The SMILES string of the molecule is c1ccc(-c2nc(-c3ccccc3)nc(-c3ccc(C4NCN(c5ccc(-c6nc(-c7ccccc7)nc(-c7ccccc7)n6)cc5)O4)cc3)n2)cc1. The molecule has 0 radical (unpaired) electrons. The van der Waals surface area contributed by atoms with Crippen molar-refractivity contribution in [2.75, 3.05) is 11.7 Å². The van der Waals surface area contributed by atoms with E-state index in [1.165, 1.54) is 0 Å². The molecule has 0 amide bonds. The number of rotatable bonds is 8. The van der Waals surface area contributed by atoms with Gasteiger partial charge in [0.25, 0.3) is 0 Å². The highest BCUT2D eigenvalue weighted by Crippen LogP contribution is 2.31. The van der Waals surface area contributed by atoms with E-state index >= 15 is 0 Å². The predicted octanol–water partition coefficient (Wildman–Crippen LogP) is 9.06. The van der Waals surface area contributed by atoms with Crippen LogP contribution in [-0.4, -0.2) is 36.6 Å². The third-order valence-corrected chi connectivity index (χ3v) is 8.94. The summed E-state index contributed by atoms with van der Waals surface area (Å²) in [6.07, 6.45) is -0.327. The lowest BCUT2D eigenvalue weighted by Gasteiger charge is -2.17. The highest BCUT2D eigenvalue weighted by molar-refractivity contribution is 5.69. The Balaban J connectivity index is 0.940. The number of hydrogen-bond donors (Lipinski definition) is 1. The highest BCUT2D eigenvalue weighted by Gasteiger charge is 2.25. The van der Waals surface area contributed by atoms with Gasteiger partial charge in [0.1, 0.15) is 0 Å². The van der Waals surface area contributed by atoms with Crippen LogP contribution in [0.2, 0.25) is 0 Å². The van der Waals surface area contributed by atoms with Crippen molar-refractivity contribution in [3.8, 4) is 68.3 Å². The van der Waals surface area contributed by atoms with Crippen LogP contribution in [-0.2, 0) is 4.84 Å². The van der Waals surface area contributed by atoms with E-state index in [1.54, 1.807) is 0 Å². The summed E-state index contributed by atoms with van der Waals surface area (Å²) in [5.74, 6) is 3.73. The smallest absolute Gasteiger partial charge is 0.164 e. The van der Waals surface area contributed by atoms with Gasteiger partial charge in [-0.1, -0.05) is 146 Å². The Labute approximate surface area is 306 Å². The fourth-order valence-electron chi connectivity index (χ4n) is 6.16. The molecule has 2 aromatic heterocycles. The van der Waals surface area contributed by atoms with E-state index in [-0.39, 0.29) is 6.23 Å². The topological polar surface area (TPSA) is 102 Å². The van der Waals surface area contributed by atoms with Crippen molar-refractivity contribution in [2.24, 2.45) is 0 Å². The summed E-state index contributed by atoms with van der Waals surface area (Å²) in [4.78, 5) is 35.4. The van der Waals surface area contributed by atoms with Gasteiger partial charge in [-0.3, -0.25) is 5.32 Å². The third-order valence-electron chi connectivity index (χ3n) is 8.94. The monoisotopic (exact) mass is 688 g/mol. The zero-order valence-electron chi connectivity index (χ0n) is 28.5. The summed E-state index contributed by atoms with van der Waals surface area (Å²) in [7, 11) is 0. The van der Waals surface area contributed by atoms with Gasteiger partial charge in [0, 0.05) is 33.4 Å². The number of aromatic nitrogens is 6. The second kappa shape index (κ2) is 14.4. The zero-order chi connectivity index (χ0) is 35.4. The van der Waals surface area contributed by atoms with Crippen molar-refractivity contribution < 1.29 is 4.84 Å². The van der Waals surface area contributed by atoms with Crippen LogP contribution in [0.5, 0.6) is 0 Å². The Kier molecular flexibility index (Phi) is 8.67. The Bertz CT molecular complexity index is 2170. The molecule has 9 nitrogen and oxygen atoms in total. The van der Waals surface area contributed by atoms with Gasteiger partial charge >= 0.3 is 0 Å². The second-order valence-corrected chi connectivity index (χ2v) is 12.5. The van der Waals surface area contributed by atoms with Gasteiger partial charge < -0.3 is 0 Å². The number of hydroxylamine groups is 1. The van der Waals surface area contributed by atoms with Crippen molar-refractivity contribution >= 4 is 5.69 Å². The predicted molar refractivity (Wildman–Crippen MR) is 207 cm³/mol. The number of hydrogen-bond acceptors (Lipinski definition) is 9. The maximum absolute atomic E-state index is 6.37. The molecule has 1 saturated heterocycles. The molecule has 53 heavy (non-hydrogen) atoms. The number of anilines is 1. The Morgan fingerprint density at radius 3 is 1.02 bits per heavy atom. The summed E-state index contributed by atoms with van der Waals surface area (Å²) in [5, 5.41) is 5.32. The van der Waals surface area contributed by atoms with Gasteiger partial charge in [0.05, 0.1) is 12.4 Å². The van der Waals surface area contributed by atoms with E-state index in [1.807, 2.05) is 175 Å². The van der Waals surface area contributed by atoms with E-state index in [0.29, 0.717) is 41.6 Å². The molecule has 0 aliphatic carbocycles. The fraction of sp³-hybridized carbons (Fsp3) is 0.0455. The first kappa shape index (κ1) is 32.0. The summed E-state index contributed by atoms with van der Waals surface area (Å²) >= 11 is 0. The summed E-state index contributed by atoms with van der Waals surface area (Å²) in [5.41, 5.74) is 7.40. The van der Waals surface area contributed by atoms with Crippen molar-refractivity contribution in [1.29, 1.82) is 0 Å². The lowest BCUT2D eigenvalue weighted by Crippen LogP contribution is -2.19. The van der Waals surface area contributed by atoms with Crippen molar-refractivity contribution in [3.05, 3.63) is 175 Å². The van der Waals surface area contributed by atoms with E-state index < -0.39 is 0 Å². The summed E-state index contributed by atoms with van der Waals surface area (Å²) in [6, 6.07) is 56.1. The van der Waals surface area contributed by atoms with Gasteiger partial charge in [-0.15, -0.1) is 0 Å². The van der Waals surface area contributed by atoms with Crippen molar-refractivity contribution in [3.63, 3.8) is 0 Å². The molecule has 1 atom stereocenters. The van der Waals surface area contributed by atoms with Crippen molar-refractivity contribution in [1.82, 2.24) is 35.2 Å². The molecule has 3 heterocycles. The van der Waals surface area contributed by atoms with E-state index in [0.717, 1.165) is 44.6 Å². The van der Waals surface area contributed by atoms with Gasteiger partial charge in [-0.05, 0) is 29.8 Å². The molecular formula is C44H32N8O. The third kappa shape index (κ3) is 6.90. The molecule has 0 saturated carbocycles. The van der Waals surface area contributed by atoms with Crippen LogP contribution in [0.25, 0.3) is 68.3 Å². The van der Waals surface area contributed by atoms with E-state index in [9.17, 15) is 0 Å². The quantitative estimate of drug-likeness (QED) is 0.168. The Morgan fingerprint density at radius 2 is 0.679 bits per heavy atom. The molecule has 6 aromatic carbocycles. The number of nitrogens with zero attached hydrogens (tertiary/aromatic N) is 7. The van der Waals surface area contributed by atoms with Gasteiger partial charge in [-0.2, -0.15) is 0 Å². The van der Waals surface area contributed by atoms with Crippen LogP contribution in [0.15, 0.2) is 170 Å². The average Bonchev–Trinajstić information content (AvgIpc) is 3.75. The molecule has 9 rings (SSSR count).